The molecule has 0 saturated carbocycles. The van der Waals surface area contributed by atoms with Crippen molar-refractivity contribution in [3.05, 3.63) is 0 Å². The van der Waals surface area contributed by atoms with E-state index in [1.165, 1.54) is 0 Å². The van der Waals surface area contributed by atoms with Crippen LogP contribution in [0, 0.1) is 11.8 Å². The molecule has 2 rings (SSSR count). The molecule has 2 saturated heterocycles. The molecule has 2 fully saturated rings. The number of carbonyl (C=O) groups is 3. The Morgan fingerprint density at radius 2 is 1.52 bits per heavy atom. The van der Waals surface area contributed by atoms with Crippen LogP contribution < -0.4 is 5.73 Å². The summed E-state index contributed by atoms with van der Waals surface area (Å²) in [5.41, 5.74) is 5.20. The van der Waals surface area contributed by atoms with Gasteiger partial charge >= 0.3 is 12.0 Å². The Bertz CT molecular complexity index is 418. The SMILES string of the molecule is NC(=O)CC1CCN(C(=O)N2CCC(CC(=O)O)C2)CC1. The molecule has 0 bridgehead atoms. The number of primary amides is 1. The molecule has 118 valence electrons. The molecule has 0 aromatic carbocycles. The summed E-state index contributed by atoms with van der Waals surface area (Å²) in [7, 11) is 0. The van der Waals surface area contributed by atoms with Crippen LogP contribution in [0.25, 0.3) is 0 Å². The van der Waals surface area contributed by atoms with E-state index >= 15 is 0 Å². The first-order valence-electron chi connectivity index (χ1n) is 7.49. The summed E-state index contributed by atoms with van der Waals surface area (Å²) >= 11 is 0. The summed E-state index contributed by atoms with van der Waals surface area (Å²) in [5, 5.41) is 8.80. The first kappa shape index (κ1) is 15.6. The molecule has 1 atom stereocenters. The summed E-state index contributed by atoms with van der Waals surface area (Å²) in [5.74, 6) is -0.735. The highest BCUT2D eigenvalue weighted by atomic mass is 16.4. The Morgan fingerprint density at radius 1 is 0.952 bits per heavy atom. The van der Waals surface area contributed by atoms with Crippen LogP contribution in [0.4, 0.5) is 4.79 Å². The number of carbonyl (C=O) groups excluding carboxylic acids is 2. The molecule has 2 aliphatic heterocycles. The summed E-state index contributed by atoms with van der Waals surface area (Å²) in [6.45, 7) is 2.47. The Balaban J connectivity index is 1.77. The summed E-state index contributed by atoms with van der Waals surface area (Å²) in [4.78, 5) is 37.5. The van der Waals surface area contributed by atoms with Crippen LogP contribution in [0.15, 0.2) is 0 Å². The van der Waals surface area contributed by atoms with Gasteiger partial charge in [-0.3, -0.25) is 9.59 Å². The number of likely N-dealkylation sites (tertiary alicyclic amines) is 2. The van der Waals surface area contributed by atoms with Crippen LogP contribution in [0.1, 0.15) is 32.1 Å². The Kier molecular flexibility index (Phi) is 5.03. The molecule has 7 nitrogen and oxygen atoms in total. The van der Waals surface area contributed by atoms with E-state index in [2.05, 4.69) is 0 Å². The lowest BCUT2D eigenvalue weighted by molar-refractivity contribution is -0.138. The molecule has 2 heterocycles. The third-order valence-electron chi connectivity index (χ3n) is 4.39. The van der Waals surface area contributed by atoms with Crippen LogP contribution in [-0.4, -0.2) is 59.0 Å². The molecule has 2 aliphatic rings. The minimum Gasteiger partial charge on any atom is -0.481 e. The Labute approximate surface area is 124 Å². The molecule has 1 unspecified atom stereocenters. The number of carboxylic acid groups (broad SMARTS) is 1. The second-order valence-electron chi connectivity index (χ2n) is 6.08. The van der Waals surface area contributed by atoms with Crippen molar-refractivity contribution < 1.29 is 19.5 Å². The van der Waals surface area contributed by atoms with Gasteiger partial charge in [-0.2, -0.15) is 0 Å². The van der Waals surface area contributed by atoms with Gasteiger partial charge in [0.25, 0.3) is 0 Å². The van der Waals surface area contributed by atoms with Crippen LogP contribution in [0.5, 0.6) is 0 Å². The number of hydrogen-bond donors (Lipinski definition) is 2. The largest absolute Gasteiger partial charge is 0.481 e. The smallest absolute Gasteiger partial charge is 0.320 e. The zero-order valence-electron chi connectivity index (χ0n) is 12.2. The van der Waals surface area contributed by atoms with Gasteiger partial charge in [0, 0.05) is 39.0 Å². The van der Waals surface area contributed by atoms with Gasteiger partial charge in [0.1, 0.15) is 0 Å². The number of carboxylic acids is 1. The quantitative estimate of drug-likeness (QED) is 0.788. The van der Waals surface area contributed by atoms with Crippen LogP contribution >= 0.6 is 0 Å². The molecular formula is C14H23N3O4. The van der Waals surface area contributed by atoms with E-state index in [0.717, 1.165) is 19.3 Å². The van der Waals surface area contributed by atoms with Crippen molar-refractivity contribution in [1.29, 1.82) is 0 Å². The van der Waals surface area contributed by atoms with Crippen molar-refractivity contribution in [2.24, 2.45) is 17.6 Å². The van der Waals surface area contributed by atoms with Gasteiger partial charge in [-0.1, -0.05) is 0 Å². The van der Waals surface area contributed by atoms with Gasteiger partial charge in [-0.15, -0.1) is 0 Å². The third kappa shape index (κ3) is 4.34. The molecule has 3 amide bonds. The fourth-order valence-corrected chi connectivity index (χ4v) is 3.23. The Hall–Kier alpha value is -1.79. The predicted molar refractivity (Wildman–Crippen MR) is 75.4 cm³/mol. The second-order valence-corrected chi connectivity index (χ2v) is 6.08. The molecule has 0 spiro atoms. The van der Waals surface area contributed by atoms with Gasteiger partial charge < -0.3 is 20.6 Å². The van der Waals surface area contributed by atoms with E-state index in [1.54, 1.807) is 9.80 Å². The number of piperidine rings is 1. The molecule has 0 aliphatic carbocycles. The average Bonchev–Trinajstić information content (AvgIpc) is 2.85. The van der Waals surface area contributed by atoms with Crippen molar-refractivity contribution >= 4 is 17.9 Å². The van der Waals surface area contributed by atoms with Gasteiger partial charge in [0.2, 0.25) is 5.91 Å². The minimum atomic E-state index is -0.804. The van der Waals surface area contributed by atoms with Crippen molar-refractivity contribution in [3.8, 4) is 0 Å². The lowest BCUT2D eigenvalue weighted by Crippen LogP contribution is -2.46. The Morgan fingerprint density at radius 3 is 2.10 bits per heavy atom. The van der Waals surface area contributed by atoms with Crippen molar-refractivity contribution in [1.82, 2.24) is 9.80 Å². The monoisotopic (exact) mass is 297 g/mol. The number of hydrogen-bond acceptors (Lipinski definition) is 3. The normalized spacial score (nSPS) is 23.3. The number of nitrogens with zero attached hydrogens (tertiary/aromatic N) is 2. The molecule has 7 heteroatoms. The van der Waals surface area contributed by atoms with Crippen molar-refractivity contribution in [2.45, 2.75) is 32.1 Å². The van der Waals surface area contributed by atoms with E-state index in [-0.39, 0.29) is 30.2 Å². The van der Waals surface area contributed by atoms with Gasteiger partial charge in [-0.25, -0.2) is 4.79 Å². The van der Waals surface area contributed by atoms with E-state index in [0.29, 0.717) is 32.6 Å². The van der Waals surface area contributed by atoms with E-state index in [9.17, 15) is 14.4 Å². The summed E-state index contributed by atoms with van der Waals surface area (Å²) in [6.07, 6.45) is 2.90. The lowest BCUT2D eigenvalue weighted by Gasteiger charge is -2.34. The number of nitrogens with two attached hydrogens (primary N) is 1. The molecule has 3 N–H and O–H groups in total. The van der Waals surface area contributed by atoms with E-state index < -0.39 is 5.97 Å². The molecule has 0 aromatic heterocycles. The number of rotatable bonds is 4. The highest BCUT2D eigenvalue weighted by Gasteiger charge is 2.32. The third-order valence-corrected chi connectivity index (χ3v) is 4.39. The first-order chi connectivity index (χ1) is 9.95. The van der Waals surface area contributed by atoms with Crippen LogP contribution in [0.3, 0.4) is 0 Å². The zero-order valence-corrected chi connectivity index (χ0v) is 12.2. The van der Waals surface area contributed by atoms with Crippen LogP contribution in [0.2, 0.25) is 0 Å². The predicted octanol–water partition coefficient (Wildman–Crippen LogP) is 0.490. The van der Waals surface area contributed by atoms with Gasteiger partial charge in [0.15, 0.2) is 0 Å². The maximum Gasteiger partial charge on any atom is 0.320 e. The van der Waals surface area contributed by atoms with Crippen LogP contribution in [-0.2, 0) is 9.59 Å². The molecule has 21 heavy (non-hydrogen) atoms. The average molecular weight is 297 g/mol. The topological polar surface area (TPSA) is 104 Å². The second kappa shape index (κ2) is 6.78. The fraction of sp³-hybridized carbons (Fsp3) is 0.786. The molecular weight excluding hydrogens is 274 g/mol. The fourth-order valence-electron chi connectivity index (χ4n) is 3.23. The summed E-state index contributed by atoms with van der Waals surface area (Å²) in [6, 6.07) is 0.000383. The highest BCUT2D eigenvalue weighted by Crippen LogP contribution is 2.24. The molecule has 0 radical (unpaired) electrons. The number of aliphatic carboxylic acids is 1. The van der Waals surface area contributed by atoms with Gasteiger partial charge in [0.05, 0.1) is 0 Å². The zero-order chi connectivity index (χ0) is 15.4. The van der Waals surface area contributed by atoms with Crippen molar-refractivity contribution in [2.75, 3.05) is 26.2 Å². The summed E-state index contributed by atoms with van der Waals surface area (Å²) < 4.78 is 0. The minimum absolute atomic E-state index is 0.000383. The van der Waals surface area contributed by atoms with E-state index in [4.69, 9.17) is 10.8 Å². The van der Waals surface area contributed by atoms with E-state index in [1.807, 2.05) is 0 Å². The number of amides is 3. The van der Waals surface area contributed by atoms with Crippen molar-refractivity contribution in [3.63, 3.8) is 0 Å². The first-order valence-corrected chi connectivity index (χ1v) is 7.49. The number of urea groups is 1. The van der Waals surface area contributed by atoms with Gasteiger partial charge in [-0.05, 0) is 31.1 Å². The standard InChI is InChI=1S/C14H23N3O4/c15-12(18)7-10-1-4-16(5-2-10)14(21)17-6-3-11(9-17)8-13(19)20/h10-11H,1-9H2,(H2,15,18)(H,19,20). The highest BCUT2D eigenvalue weighted by molar-refractivity contribution is 5.76. The molecule has 0 aromatic rings. The maximum atomic E-state index is 12.4. The lowest BCUT2D eigenvalue weighted by atomic mass is 9.93. The maximum absolute atomic E-state index is 12.4.